The van der Waals surface area contributed by atoms with Gasteiger partial charge in [-0.1, -0.05) is 40.9 Å². The van der Waals surface area contributed by atoms with E-state index in [0.717, 1.165) is 11.1 Å². The van der Waals surface area contributed by atoms with Crippen LogP contribution in [0.25, 0.3) is 0 Å². The zero-order valence-electron chi connectivity index (χ0n) is 14.8. The Bertz CT molecular complexity index is 791. The number of carbonyl (C=O) groups is 1. The SMILES string of the molecule is Cc1ccnc(Cl)c1C(=O)N1CCOC(COCc2c(Cl)cccc2Cl)C1. The van der Waals surface area contributed by atoms with E-state index in [-0.39, 0.29) is 23.8 Å². The van der Waals surface area contributed by atoms with Crippen LogP contribution in [0.2, 0.25) is 15.2 Å². The first kappa shape index (κ1) is 20.4. The van der Waals surface area contributed by atoms with E-state index in [1.54, 1.807) is 35.4 Å². The van der Waals surface area contributed by atoms with Crippen LogP contribution in [-0.2, 0) is 16.1 Å². The predicted molar refractivity (Wildman–Crippen MR) is 106 cm³/mol. The number of aromatic nitrogens is 1. The summed E-state index contributed by atoms with van der Waals surface area (Å²) >= 11 is 18.4. The van der Waals surface area contributed by atoms with E-state index in [1.165, 1.54) is 0 Å². The van der Waals surface area contributed by atoms with Crippen molar-refractivity contribution < 1.29 is 14.3 Å². The van der Waals surface area contributed by atoms with Crippen LogP contribution in [0.15, 0.2) is 30.5 Å². The van der Waals surface area contributed by atoms with E-state index in [9.17, 15) is 4.79 Å². The molecule has 0 aliphatic carbocycles. The lowest BCUT2D eigenvalue weighted by Crippen LogP contribution is -2.47. The Hall–Kier alpha value is -1.37. The number of carbonyl (C=O) groups excluding carboxylic acids is 1. The third-order valence-electron chi connectivity index (χ3n) is 4.36. The van der Waals surface area contributed by atoms with Crippen LogP contribution in [0.4, 0.5) is 0 Å². The van der Waals surface area contributed by atoms with Crippen molar-refractivity contribution in [3.05, 3.63) is 62.4 Å². The molecule has 1 unspecified atom stereocenters. The number of halogens is 3. The standard InChI is InChI=1S/C19H19Cl3N2O3/c1-12-5-6-23-18(22)17(12)19(25)24-7-8-27-13(9-24)10-26-11-14-15(20)3-2-4-16(14)21/h2-6,13H,7-11H2,1H3. The first-order chi connectivity index (χ1) is 13.0. The van der Waals surface area contributed by atoms with Crippen molar-refractivity contribution in [2.45, 2.75) is 19.6 Å². The summed E-state index contributed by atoms with van der Waals surface area (Å²) in [5, 5.41) is 1.34. The summed E-state index contributed by atoms with van der Waals surface area (Å²) < 4.78 is 11.5. The maximum absolute atomic E-state index is 12.8. The molecule has 0 radical (unpaired) electrons. The summed E-state index contributed by atoms with van der Waals surface area (Å²) in [6.07, 6.45) is 1.35. The molecule has 2 aromatic rings. The van der Waals surface area contributed by atoms with E-state index in [1.807, 2.05) is 6.92 Å². The number of nitrogens with zero attached hydrogens (tertiary/aromatic N) is 2. The molecule has 1 aromatic carbocycles. The van der Waals surface area contributed by atoms with Gasteiger partial charge in [0, 0.05) is 34.9 Å². The summed E-state index contributed by atoms with van der Waals surface area (Å²) in [4.78, 5) is 18.6. The average molecular weight is 430 g/mol. The van der Waals surface area contributed by atoms with Gasteiger partial charge in [-0.15, -0.1) is 0 Å². The number of hydrogen-bond donors (Lipinski definition) is 0. The molecule has 2 heterocycles. The molecular weight excluding hydrogens is 411 g/mol. The number of morpholine rings is 1. The molecule has 0 N–H and O–H groups in total. The van der Waals surface area contributed by atoms with Crippen LogP contribution < -0.4 is 0 Å². The molecule has 1 aromatic heterocycles. The molecule has 0 saturated carbocycles. The van der Waals surface area contributed by atoms with Gasteiger partial charge in [-0.25, -0.2) is 4.98 Å². The molecule has 144 valence electrons. The van der Waals surface area contributed by atoms with Crippen LogP contribution in [0.1, 0.15) is 21.5 Å². The maximum atomic E-state index is 12.8. The largest absolute Gasteiger partial charge is 0.374 e. The predicted octanol–water partition coefficient (Wildman–Crippen LogP) is 4.41. The van der Waals surface area contributed by atoms with Crippen LogP contribution >= 0.6 is 34.8 Å². The van der Waals surface area contributed by atoms with Crippen LogP contribution in [0, 0.1) is 6.92 Å². The van der Waals surface area contributed by atoms with Gasteiger partial charge < -0.3 is 14.4 Å². The highest BCUT2D eigenvalue weighted by molar-refractivity contribution is 6.36. The number of benzene rings is 1. The van der Waals surface area contributed by atoms with Gasteiger partial charge >= 0.3 is 0 Å². The minimum absolute atomic E-state index is 0.145. The third-order valence-corrected chi connectivity index (χ3v) is 5.36. The molecule has 1 fully saturated rings. The van der Waals surface area contributed by atoms with Crippen molar-refractivity contribution in [2.24, 2.45) is 0 Å². The second-order valence-corrected chi connectivity index (χ2v) is 7.43. The zero-order chi connectivity index (χ0) is 19.4. The lowest BCUT2D eigenvalue weighted by molar-refractivity contribution is -0.0647. The minimum Gasteiger partial charge on any atom is -0.374 e. The molecule has 8 heteroatoms. The number of ether oxygens (including phenoxy) is 2. The first-order valence-electron chi connectivity index (χ1n) is 8.50. The Morgan fingerprint density at radius 2 is 2.04 bits per heavy atom. The molecule has 0 bridgehead atoms. The van der Waals surface area contributed by atoms with Gasteiger partial charge in [-0.2, -0.15) is 0 Å². The number of hydrogen-bond acceptors (Lipinski definition) is 4. The van der Waals surface area contributed by atoms with Gasteiger partial charge in [0.2, 0.25) is 0 Å². The molecule has 5 nitrogen and oxygen atoms in total. The molecule has 27 heavy (non-hydrogen) atoms. The smallest absolute Gasteiger partial charge is 0.257 e. The van der Waals surface area contributed by atoms with Crippen molar-refractivity contribution in [1.82, 2.24) is 9.88 Å². The summed E-state index contributed by atoms with van der Waals surface area (Å²) in [5.74, 6) is -0.145. The van der Waals surface area contributed by atoms with Crippen LogP contribution in [-0.4, -0.2) is 48.2 Å². The molecule has 1 saturated heterocycles. The summed E-state index contributed by atoms with van der Waals surface area (Å²) in [5.41, 5.74) is 1.97. The normalized spacial score (nSPS) is 17.2. The Morgan fingerprint density at radius 3 is 2.74 bits per heavy atom. The van der Waals surface area contributed by atoms with Gasteiger partial charge in [0.05, 0.1) is 31.5 Å². The maximum Gasteiger partial charge on any atom is 0.257 e. The zero-order valence-corrected chi connectivity index (χ0v) is 17.0. The van der Waals surface area contributed by atoms with Crippen LogP contribution in [0.3, 0.4) is 0 Å². The highest BCUT2D eigenvalue weighted by Crippen LogP contribution is 2.25. The summed E-state index contributed by atoms with van der Waals surface area (Å²) in [7, 11) is 0. The lowest BCUT2D eigenvalue weighted by atomic mass is 10.1. The number of aryl methyl sites for hydroxylation is 1. The Labute approximate surface area is 173 Å². The highest BCUT2D eigenvalue weighted by Gasteiger charge is 2.27. The first-order valence-corrected chi connectivity index (χ1v) is 9.63. The van der Waals surface area contributed by atoms with Crippen molar-refractivity contribution in [1.29, 1.82) is 0 Å². The second kappa shape index (κ2) is 9.22. The van der Waals surface area contributed by atoms with Gasteiger partial charge in [-0.3, -0.25) is 4.79 Å². The van der Waals surface area contributed by atoms with Crippen LogP contribution in [0.5, 0.6) is 0 Å². The van der Waals surface area contributed by atoms with Crippen molar-refractivity contribution >= 4 is 40.7 Å². The van der Waals surface area contributed by atoms with E-state index in [4.69, 9.17) is 44.3 Å². The Morgan fingerprint density at radius 1 is 1.30 bits per heavy atom. The monoisotopic (exact) mass is 428 g/mol. The molecule has 0 spiro atoms. The molecule has 3 rings (SSSR count). The van der Waals surface area contributed by atoms with Gasteiger partial charge in [0.25, 0.3) is 5.91 Å². The quantitative estimate of drug-likeness (QED) is 0.661. The third kappa shape index (κ3) is 4.92. The average Bonchev–Trinajstić information content (AvgIpc) is 2.64. The topological polar surface area (TPSA) is 51.7 Å². The van der Waals surface area contributed by atoms with Crippen molar-refractivity contribution in [3.8, 4) is 0 Å². The Balaban J connectivity index is 1.59. The van der Waals surface area contributed by atoms with E-state index >= 15 is 0 Å². The molecule has 1 atom stereocenters. The number of pyridine rings is 1. The van der Waals surface area contributed by atoms with E-state index in [0.29, 0.717) is 41.9 Å². The number of rotatable bonds is 5. The second-order valence-electron chi connectivity index (χ2n) is 6.25. The molecule has 1 aliphatic heterocycles. The molecule has 1 amide bonds. The van der Waals surface area contributed by atoms with E-state index < -0.39 is 0 Å². The fourth-order valence-electron chi connectivity index (χ4n) is 2.91. The minimum atomic E-state index is -0.236. The summed E-state index contributed by atoms with van der Waals surface area (Å²) in [6, 6.07) is 7.09. The fourth-order valence-corrected chi connectivity index (χ4v) is 3.70. The summed E-state index contributed by atoms with van der Waals surface area (Å²) in [6.45, 7) is 3.79. The van der Waals surface area contributed by atoms with Gasteiger partial charge in [-0.05, 0) is 30.7 Å². The van der Waals surface area contributed by atoms with Crippen molar-refractivity contribution in [2.75, 3.05) is 26.3 Å². The van der Waals surface area contributed by atoms with Gasteiger partial charge in [0.15, 0.2) is 0 Å². The van der Waals surface area contributed by atoms with Crippen molar-refractivity contribution in [3.63, 3.8) is 0 Å². The molecular formula is C19H19Cl3N2O3. The lowest BCUT2D eigenvalue weighted by Gasteiger charge is -2.33. The molecule has 1 aliphatic rings. The van der Waals surface area contributed by atoms with E-state index in [2.05, 4.69) is 4.98 Å². The van der Waals surface area contributed by atoms with Gasteiger partial charge in [0.1, 0.15) is 5.15 Å². The fraction of sp³-hybridized carbons (Fsp3) is 0.368. The Kier molecular flexibility index (Phi) is 6.95. The number of amides is 1. The highest BCUT2D eigenvalue weighted by atomic mass is 35.5.